The van der Waals surface area contributed by atoms with E-state index >= 15 is 0 Å². The highest BCUT2D eigenvalue weighted by Crippen LogP contribution is 2.32. The first-order valence-electron chi connectivity index (χ1n) is 5.53. The highest BCUT2D eigenvalue weighted by atomic mass is 79.9. The zero-order valence-corrected chi connectivity index (χ0v) is 12.1. The van der Waals surface area contributed by atoms with Crippen molar-refractivity contribution in [1.82, 2.24) is 4.98 Å². The number of aliphatic hydroxyl groups excluding tert-OH is 1. The largest absolute Gasteiger partial charge is 0.393 e. The van der Waals surface area contributed by atoms with Crippen molar-refractivity contribution >= 4 is 27.4 Å². The number of pyridine rings is 1. The van der Waals surface area contributed by atoms with Crippen molar-refractivity contribution in [3.05, 3.63) is 26.3 Å². The van der Waals surface area contributed by atoms with E-state index in [9.17, 15) is 15.2 Å². The Bertz CT molecular complexity index is 451. The van der Waals surface area contributed by atoms with Crippen LogP contribution >= 0.6 is 15.9 Å². The molecule has 7 heteroatoms. The van der Waals surface area contributed by atoms with E-state index in [1.165, 1.54) is 6.20 Å². The van der Waals surface area contributed by atoms with Crippen molar-refractivity contribution in [2.24, 2.45) is 0 Å². The molecule has 0 aromatic carbocycles. The Morgan fingerprint density at radius 3 is 2.78 bits per heavy atom. The summed E-state index contributed by atoms with van der Waals surface area (Å²) >= 11 is 3.34. The van der Waals surface area contributed by atoms with E-state index in [1.807, 2.05) is 11.9 Å². The zero-order valence-electron chi connectivity index (χ0n) is 10.6. The third-order valence-corrected chi connectivity index (χ3v) is 3.61. The highest BCUT2D eigenvalue weighted by molar-refractivity contribution is 9.10. The van der Waals surface area contributed by atoms with Crippen LogP contribution in [-0.2, 0) is 0 Å². The third kappa shape index (κ3) is 3.39. The van der Waals surface area contributed by atoms with E-state index in [2.05, 4.69) is 20.9 Å². The van der Waals surface area contributed by atoms with Crippen LogP contribution in [0.3, 0.4) is 0 Å². The number of hydrogen-bond donors (Lipinski definition) is 1. The summed E-state index contributed by atoms with van der Waals surface area (Å²) in [6, 6.07) is 0. The number of nitrogens with zero attached hydrogens (tertiary/aromatic N) is 3. The van der Waals surface area contributed by atoms with E-state index in [1.54, 1.807) is 13.8 Å². The summed E-state index contributed by atoms with van der Waals surface area (Å²) in [6.07, 6.45) is 1.49. The van der Waals surface area contributed by atoms with Crippen LogP contribution in [0.15, 0.2) is 10.7 Å². The van der Waals surface area contributed by atoms with Gasteiger partial charge in [-0.05, 0) is 36.2 Å². The van der Waals surface area contributed by atoms with Gasteiger partial charge in [0.15, 0.2) is 0 Å². The van der Waals surface area contributed by atoms with Gasteiger partial charge in [0.1, 0.15) is 12.0 Å². The van der Waals surface area contributed by atoms with E-state index in [4.69, 9.17) is 0 Å². The van der Waals surface area contributed by atoms with Gasteiger partial charge in [0.2, 0.25) is 0 Å². The summed E-state index contributed by atoms with van der Waals surface area (Å²) in [5, 5.41) is 20.0. The second-order valence-electron chi connectivity index (χ2n) is 4.22. The molecule has 0 spiro atoms. The molecule has 1 N–H and O–H groups in total. The van der Waals surface area contributed by atoms with Crippen LogP contribution in [0.1, 0.15) is 18.9 Å². The molecule has 6 nitrogen and oxygen atoms in total. The van der Waals surface area contributed by atoms with Gasteiger partial charge in [0, 0.05) is 19.2 Å². The van der Waals surface area contributed by atoms with E-state index in [0.29, 0.717) is 28.8 Å². The van der Waals surface area contributed by atoms with Gasteiger partial charge in [0.25, 0.3) is 5.69 Å². The minimum Gasteiger partial charge on any atom is -0.393 e. The predicted molar refractivity (Wildman–Crippen MR) is 72.9 cm³/mol. The summed E-state index contributed by atoms with van der Waals surface area (Å²) in [4.78, 5) is 16.3. The maximum atomic E-state index is 10.8. The number of anilines is 1. The predicted octanol–water partition coefficient (Wildman–Crippen LogP) is 2.27. The Balaban J connectivity index is 2.97. The molecule has 1 unspecified atom stereocenters. The molecule has 0 aliphatic heterocycles. The number of nitro groups is 1. The Hall–Kier alpha value is -1.21. The van der Waals surface area contributed by atoms with Crippen molar-refractivity contribution in [3.63, 3.8) is 0 Å². The molecule has 0 bridgehead atoms. The number of rotatable bonds is 5. The number of hydrogen-bond acceptors (Lipinski definition) is 5. The zero-order chi connectivity index (χ0) is 13.9. The fourth-order valence-electron chi connectivity index (χ4n) is 1.49. The number of aliphatic hydroxyl groups is 1. The molecule has 0 saturated heterocycles. The molecule has 1 atom stereocenters. The van der Waals surface area contributed by atoms with E-state index < -0.39 is 4.92 Å². The molecule has 0 amide bonds. The topological polar surface area (TPSA) is 79.5 Å². The third-order valence-electron chi connectivity index (χ3n) is 2.66. The van der Waals surface area contributed by atoms with Crippen molar-refractivity contribution in [2.45, 2.75) is 26.4 Å². The lowest BCUT2D eigenvalue weighted by Crippen LogP contribution is -2.23. The summed E-state index contributed by atoms with van der Waals surface area (Å²) in [7, 11) is 1.83. The minimum atomic E-state index is -0.452. The molecule has 0 aliphatic carbocycles. The van der Waals surface area contributed by atoms with Crippen LogP contribution in [0.25, 0.3) is 0 Å². The number of aromatic nitrogens is 1. The molecule has 0 aliphatic rings. The molecule has 100 valence electrons. The van der Waals surface area contributed by atoms with Gasteiger partial charge < -0.3 is 10.0 Å². The standard InChI is InChI=1S/C11H16BrN3O3/c1-7(16)4-5-14(3)11-10(12)8(2)9(6-13-11)15(17)18/h6-7,16H,4-5H2,1-3H3. The van der Waals surface area contributed by atoms with Gasteiger partial charge in [-0.2, -0.15) is 0 Å². The molecule has 18 heavy (non-hydrogen) atoms. The smallest absolute Gasteiger partial charge is 0.291 e. The summed E-state index contributed by atoms with van der Waals surface area (Å²) in [5.41, 5.74) is 0.545. The van der Waals surface area contributed by atoms with Crippen LogP contribution in [0.4, 0.5) is 11.5 Å². The molecule has 0 radical (unpaired) electrons. The summed E-state index contributed by atoms with van der Waals surface area (Å²) in [5.74, 6) is 0.638. The lowest BCUT2D eigenvalue weighted by molar-refractivity contribution is -0.385. The van der Waals surface area contributed by atoms with E-state index in [0.717, 1.165) is 0 Å². The lowest BCUT2D eigenvalue weighted by Gasteiger charge is -2.20. The summed E-state index contributed by atoms with van der Waals surface area (Å²) < 4.78 is 0.616. The molecule has 1 aromatic rings. The SMILES string of the molecule is Cc1c([N+](=O)[O-])cnc(N(C)CCC(C)O)c1Br. The quantitative estimate of drug-likeness (QED) is 0.665. The highest BCUT2D eigenvalue weighted by Gasteiger charge is 2.19. The molecule has 0 saturated carbocycles. The average Bonchev–Trinajstić information content (AvgIpc) is 2.29. The van der Waals surface area contributed by atoms with Gasteiger partial charge in [-0.25, -0.2) is 4.98 Å². The fraction of sp³-hybridized carbons (Fsp3) is 0.545. The van der Waals surface area contributed by atoms with Gasteiger partial charge in [-0.15, -0.1) is 0 Å². The first kappa shape index (κ1) is 14.8. The van der Waals surface area contributed by atoms with Crippen LogP contribution < -0.4 is 4.90 Å². The van der Waals surface area contributed by atoms with Crippen molar-refractivity contribution in [1.29, 1.82) is 0 Å². The van der Waals surface area contributed by atoms with Gasteiger partial charge in [0.05, 0.1) is 15.5 Å². The second-order valence-corrected chi connectivity index (χ2v) is 5.02. The summed E-state index contributed by atoms with van der Waals surface area (Å²) in [6.45, 7) is 4.02. The van der Waals surface area contributed by atoms with Crippen molar-refractivity contribution in [3.8, 4) is 0 Å². The average molecular weight is 318 g/mol. The van der Waals surface area contributed by atoms with Crippen LogP contribution in [0.2, 0.25) is 0 Å². The van der Waals surface area contributed by atoms with Crippen LogP contribution in [0.5, 0.6) is 0 Å². The molecular formula is C11H16BrN3O3. The minimum absolute atomic E-state index is 0.00505. The van der Waals surface area contributed by atoms with Gasteiger partial charge >= 0.3 is 0 Å². The Labute approximate surface area is 114 Å². The molecule has 0 fully saturated rings. The maximum absolute atomic E-state index is 10.8. The van der Waals surface area contributed by atoms with Crippen LogP contribution in [-0.4, -0.2) is 34.7 Å². The van der Waals surface area contributed by atoms with E-state index in [-0.39, 0.29) is 11.8 Å². The molecule has 1 rings (SSSR count). The lowest BCUT2D eigenvalue weighted by atomic mass is 10.2. The maximum Gasteiger partial charge on any atom is 0.291 e. The first-order chi connectivity index (χ1) is 8.34. The first-order valence-corrected chi connectivity index (χ1v) is 6.32. The van der Waals surface area contributed by atoms with Crippen molar-refractivity contribution < 1.29 is 10.0 Å². The molecule has 1 aromatic heterocycles. The van der Waals surface area contributed by atoms with Gasteiger partial charge in [-0.3, -0.25) is 10.1 Å². The fourth-order valence-corrected chi connectivity index (χ4v) is 2.10. The monoisotopic (exact) mass is 317 g/mol. The normalized spacial score (nSPS) is 12.3. The number of halogens is 1. The Morgan fingerprint density at radius 2 is 2.28 bits per heavy atom. The van der Waals surface area contributed by atoms with Gasteiger partial charge in [-0.1, -0.05) is 0 Å². The Morgan fingerprint density at radius 1 is 1.67 bits per heavy atom. The second kappa shape index (κ2) is 6.10. The molecule has 1 heterocycles. The van der Waals surface area contributed by atoms with Crippen LogP contribution in [0, 0.1) is 17.0 Å². The molecular weight excluding hydrogens is 302 g/mol. The van der Waals surface area contributed by atoms with Crippen molar-refractivity contribution in [2.75, 3.05) is 18.5 Å². The Kier molecular flexibility index (Phi) is 5.03.